The molecule has 0 spiro atoms. The van der Waals surface area contributed by atoms with Gasteiger partial charge in [0.15, 0.2) is 12.4 Å². The number of nitrogens with one attached hydrogen (secondary N) is 1. The maximum absolute atomic E-state index is 12.3. The van der Waals surface area contributed by atoms with Gasteiger partial charge in [-0.3, -0.25) is 14.4 Å². The fraction of sp³-hybridized carbons (Fsp3) is 0.130. The lowest BCUT2D eigenvalue weighted by Gasteiger charge is -2.13. The molecule has 4 rings (SSSR count). The van der Waals surface area contributed by atoms with Crippen molar-refractivity contribution in [3.8, 4) is 11.5 Å². The van der Waals surface area contributed by atoms with Gasteiger partial charge >= 0.3 is 0 Å². The van der Waals surface area contributed by atoms with Gasteiger partial charge in [0.2, 0.25) is 10.9 Å². The molecular formula is C23H19N5O5S. The van der Waals surface area contributed by atoms with E-state index in [-0.39, 0.29) is 17.2 Å². The second kappa shape index (κ2) is 10.6. The van der Waals surface area contributed by atoms with Gasteiger partial charge < -0.3 is 14.8 Å². The first-order chi connectivity index (χ1) is 16.5. The number of nitrogens with zero attached hydrogens (tertiary/aromatic N) is 4. The van der Waals surface area contributed by atoms with Gasteiger partial charge in [0.25, 0.3) is 5.91 Å². The van der Waals surface area contributed by atoms with Crippen molar-refractivity contribution in [1.29, 1.82) is 0 Å². The van der Waals surface area contributed by atoms with E-state index in [1.54, 1.807) is 31.3 Å². The van der Waals surface area contributed by atoms with Crippen molar-refractivity contribution in [2.75, 3.05) is 6.61 Å². The Bertz CT molecular complexity index is 1270. The molecule has 1 aliphatic carbocycles. The molecule has 0 atom stereocenters. The maximum atomic E-state index is 12.3. The standard InChI is InChI=1S/C23H19N5O5S/c1-28-23(25-26-27-28)34-21-12-19(29)18(11-20(21)30)24-22(31)14-33-17-9-7-16(8-10-17)32-13-15-5-3-2-4-6-15/h2-12H,13-14H2,1H3,(H,24,31). The molecule has 1 heterocycles. The van der Waals surface area contributed by atoms with Crippen LogP contribution in [0.3, 0.4) is 0 Å². The number of carbonyl (C=O) groups excluding carboxylic acids is 3. The first kappa shape index (κ1) is 22.9. The zero-order chi connectivity index (χ0) is 23.9. The lowest BCUT2D eigenvalue weighted by atomic mass is 10.1. The lowest BCUT2D eigenvalue weighted by molar-refractivity contribution is -0.124. The maximum Gasteiger partial charge on any atom is 0.262 e. The Morgan fingerprint density at radius 2 is 1.68 bits per heavy atom. The van der Waals surface area contributed by atoms with Crippen molar-refractivity contribution in [2.24, 2.45) is 7.05 Å². The second-order valence-electron chi connectivity index (χ2n) is 7.06. The topological polar surface area (TPSA) is 125 Å². The number of ether oxygens (including phenoxy) is 2. The zero-order valence-electron chi connectivity index (χ0n) is 18.0. The highest BCUT2D eigenvalue weighted by molar-refractivity contribution is 8.03. The van der Waals surface area contributed by atoms with Gasteiger partial charge in [-0.05, 0) is 52.0 Å². The lowest BCUT2D eigenvalue weighted by Crippen LogP contribution is -2.33. The van der Waals surface area contributed by atoms with E-state index < -0.39 is 17.5 Å². The summed E-state index contributed by atoms with van der Waals surface area (Å²) < 4.78 is 12.5. The van der Waals surface area contributed by atoms with Gasteiger partial charge in [-0.25, -0.2) is 4.68 Å². The number of tetrazole rings is 1. The van der Waals surface area contributed by atoms with E-state index in [4.69, 9.17) is 9.47 Å². The summed E-state index contributed by atoms with van der Waals surface area (Å²) in [5, 5.41) is 13.7. The van der Waals surface area contributed by atoms with Gasteiger partial charge in [0.05, 0.1) is 10.6 Å². The molecule has 0 aliphatic heterocycles. The number of amides is 1. The summed E-state index contributed by atoms with van der Waals surface area (Å²) in [6.07, 6.45) is 2.22. The minimum atomic E-state index is -0.571. The monoisotopic (exact) mass is 477 g/mol. The molecule has 0 unspecified atom stereocenters. The second-order valence-corrected chi connectivity index (χ2v) is 8.07. The van der Waals surface area contributed by atoms with E-state index in [1.807, 2.05) is 30.3 Å². The third kappa shape index (κ3) is 5.95. The number of hydrogen-bond acceptors (Lipinski definition) is 9. The normalized spacial score (nSPS) is 13.2. The van der Waals surface area contributed by atoms with Crippen LogP contribution in [-0.2, 0) is 28.0 Å². The van der Waals surface area contributed by atoms with Gasteiger partial charge in [0.1, 0.15) is 18.1 Å². The van der Waals surface area contributed by atoms with E-state index in [0.717, 1.165) is 29.5 Å². The molecule has 172 valence electrons. The summed E-state index contributed by atoms with van der Waals surface area (Å²) in [4.78, 5) is 37.1. The number of hydrogen-bond donors (Lipinski definition) is 1. The number of thioether (sulfide) groups is 1. The molecule has 0 radical (unpaired) electrons. The first-order valence-corrected chi connectivity index (χ1v) is 10.9. The molecule has 0 saturated heterocycles. The highest BCUT2D eigenvalue weighted by Gasteiger charge is 2.24. The van der Waals surface area contributed by atoms with E-state index in [0.29, 0.717) is 23.3 Å². The molecule has 34 heavy (non-hydrogen) atoms. The summed E-state index contributed by atoms with van der Waals surface area (Å²) >= 11 is 0.967. The van der Waals surface area contributed by atoms with Crippen LogP contribution >= 0.6 is 11.8 Å². The summed E-state index contributed by atoms with van der Waals surface area (Å²) in [6.45, 7) is 0.106. The number of aromatic nitrogens is 4. The van der Waals surface area contributed by atoms with Gasteiger partial charge in [-0.1, -0.05) is 30.3 Å². The third-order valence-corrected chi connectivity index (χ3v) is 5.61. The average Bonchev–Trinajstić information content (AvgIpc) is 3.25. The van der Waals surface area contributed by atoms with Gasteiger partial charge in [-0.15, -0.1) is 5.10 Å². The first-order valence-electron chi connectivity index (χ1n) is 10.1. The van der Waals surface area contributed by atoms with Crippen molar-refractivity contribution >= 4 is 29.2 Å². The molecule has 2 aromatic carbocycles. The quantitative estimate of drug-likeness (QED) is 0.461. The number of allylic oxidation sites excluding steroid dienone is 3. The third-order valence-electron chi connectivity index (χ3n) is 4.54. The summed E-state index contributed by atoms with van der Waals surface area (Å²) in [5.74, 6) is -0.396. The van der Waals surface area contributed by atoms with Crippen molar-refractivity contribution in [3.05, 3.63) is 82.9 Å². The molecule has 1 aliphatic rings. The molecule has 1 aromatic heterocycles. The molecule has 0 bridgehead atoms. The summed E-state index contributed by atoms with van der Waals surface area (Å²) in [6, 6.07) is 16.6. The van der Waals surface area contributed by atoms with Gasteiger partial charge in [0, 0.05) is 19.2 Å². The van der Waals surface area contributed by atoms with Crippen LogP contribution in [-0.4, -0.2) is 44.3 Å². The zero-order valence-corrected chi connectivity index (χ0v) is 18.8. The van der Waals surface area contributed by atoms with Crippen molar-refractivity contribution in [2.45, 2.75) is 11.8 Å². The molecule has 3 aromatic rings. The highest BCUT2D eigenvalue weighted by atomic mass is 32.2. The number of aryl methyl sites for hydroxylation is 1. The Morgan fingerprint density at radius 1 is 0.971 bits per heavy atom. The summed E-state index contributed by atoms with van der Waals surface area (Å²) in [5.41, 5.74) is 0.930. The molecule has 1 N–H and O–H groups in total. The largest absolute Gasteiger partial charge is 0.489 e. The summed E-state index contributed by atoms with van der Waals surface area (Å²) in [7, 11) is 1.62. The highest BCUT2D eigenvalue weighted by Crippen LogP contribution is 2.27. The van der Waals surface area contributed by atoms with Crippen LogP contribution in [0, 0.1) is 0 Å². The fourth-order valence-electron chi connectivity index (χ4n) is 2.83. The SMILES string of the molecule is Cn1nnnc1SC1=CC(=O)C(NC(=O)COc2ccc(OCc3ccccc3)cc2)=CC1=O. The smallest absolute Gasteiger partial charge is 0.262 e. The Hall–Kier alpha value is -4.25. The number of benzene rings is 2. The van der Waals surface area contributed by atoms with E-state index in [1.165, 1.54) is 4.68 Å². The van der Waals surface area contributed by atoms with Crippen molar-refractivity contribution in [1.82, 2.24) is 25.5 Å². The number of ketones is 2. The number of rotatable bonds is 9. The van der Waals surface area contributed by atoms with Crippen molar-refractivity contribution < 1.29 is 23.9 Å². The molecule has 10 nitrogen and oxygen atoms in total. The van der Waals surface area contributed by atoms with Crippen LogP contribution < -0.4 is 14.8 Å². The van der Waals surface area contributed by atoms with Crippen LogP contribution in [0.5, 0.6) is 11.5 Å². The van der Waals surface area contributed by atoms with Crippen LogP contribution in [0.25, 0.3) is 0 Å². The van der Waals surface area contributed by atoms with Gasteiger partial charge in [-0.2, -0.15) is 0 Å². The predicted molar refractivity (Wildman–Crippen MR) is 122 cm³/mol. The van der Waals surface area contributed by atoms with Crippen LogP contribution in [0.2, 0.25) is 0 Å². The van der Waals surface area contributed by atoms with E-state index in [9.17, 15) is 14.4 Å². The Morgan fingerprint density at radius 3 is 2.35 bits per heavy atom. The van der Waals surface area contributed by atoms with Crippen molar-refractivity contribution in [3.63, 3.8) is 0 Å². The predicted octanol–water partition coefficient (Wildman–Crippen LogP) is 2.00. The minimum Gasteiger partial charge on any atom is -0.489 e. The molecule has 0 fully saturated rings. The van der Waals surface area contributed by atoms with Crippen LogP contribution in [0.1, 0.15) is 5.56 Å². The minimum absolute atomic E-state index is 0.122. The average molecular weight is 478 g/mol. The number of carbonyl (C=O) groups is 3. The van der Waals surface area contributed by atoms with E-state index in [2.05, 4.69) is 20.8 Å². The van der Waals surface area contributed by atoms with Crippen LogP contribution in [0.4, 0.5) is 0 Å². The van der Waals surface area contributed by atoms with E-state index >= 15 is 0 Å². The fourth-order valence-corrected chi connectivity index (χ4v) is 3.60. The Labute approximate surface area is 198 Å². The Balaban J connectivity index is 1.25. The molecule has 1 amide bonds. The Kier molecular flexibility index (Phi) is 7.13. The molecule has 11 heteroatoms. The van der Waals surface area contributed by atoms with Crippen LogP contribution in [0.15, 0.2) is 82.5 Å². The molecule has 0 saturated carbocycles. The molecular weight excluding hydrogens is 458 g/mol.